The average molecular weight is 422 g/mol. The number of piperidine rings is 1. The van der Waals surface area contributed by atoms with Crippen molar-refractivity contribution in [2.75, 3.05) is 13.1 Å². The molecule has 0 saturated carbocycles. The molecule has 1 aliphatic rings. The largest absolute Gasteiger partial charge is 0.317 e. The smallest absolute Gasteiger partial charge is 0.155 e. The van der Waals surface area contributed by atoms with Crippen molar-refractivity contribution < 1.29 is 4.39 Å². The fourth-order valence-corrected chi connectivity index (χ4v) is 4.05. The Kier molecular flexibility index (Phi) is 6.32. The molecule has 0 radical (unpaired) electrons. The Morgan fingerprint density at radius 3 is 2.70 bits per heavy atom. The van der Waals surface area contributed by atoms with Crippen molar-refractivity contribution in [3.63, 3.8) is 0 Å². The van der Waals surface area contributed by atoms with Crippen LogP contribution in [0.5, 0.6) is 0 Å². The molecule has 0 bridgehead atoms. The summed E-state index contributed by atoms with van der Waals surface area (Å²) in [6.07, 6.45) is 10.5. The highest BCUT2D eigenvalue weighted by molar-refractivity contribution is 7.99. The second kappa shape index (κ2) is 9.47. The Bertz CT molecular complexity index is 1150. The van der Waals surface area contributed by atoms with E-state index in [2.05, 4.69) is 36.9 Å². The minimum absolute atomic E-state index is 0.224. The minimum Gasteiger partial charge on any atom is -0.317 e. The summed E-state index contributed by atoms with van der Waals surface area (Å²) in [6, 6.07) is 6.78. The number of nitrogens with zero attached hydrogens (tertiary/aromatic N) is 6. The number of hydrogen-bond acceptors (Lipinski definition) is 7. The number of nitriles is 1. The molecule has 30 heavy (non-hydrogen) atoms. The monoisotopic (exact) mass is 422 g/mol. The van der Waals surface area contributed by atoms with Gasteiger partial charge in [-0.3, -0.25) is 0 Å². The molecule has 1 aliphatic heterocycles. The number of pyridine rings is 2. The van der Waals surface area contributed by atoms with Crippen molar-refractivity contribution in [3.05, 3.63) is 54.4 Å². The molecular formula is C20H19FN8S. The first-order chi connectivity index (χ1) is 14.8. The van der Waals surface area contributed by atoms with Gasteiger partial charge in [-0.05, 0) is 44.1 Å². The quantitative estimate of drug-likeness (QED) is 0.521. The van der Waals surface area contributed by atoms with E-state index < -0.39 is 5.82 Å². The Labute approximate surface area is 176 Å². The maximum absolute atomic E-state index is 14.0. The third-order valence-electron chi connectivity index (χ3n) is 4.55. The van der Waals surface area contributed by atoms with Crippen LogP contribution in [0.15, 0.2) is 52.9 Å². The maximum Gasteiger partial charge on any atom is 0.155 e. The second-order valence-electron chi connectivity index (χ2n) is 6.61. The van der Waals surface area contributed by atoms with Crippen LogP contribution in [0.1, 0.15) is 24.8 Å². The highest BCUT2D eigenvalue weighted by Gasteiger charge is 2.16. The van der Waals surface area contributed by atoms with Gasteiger partial charge >= 0.3 is 0 Å². The zero-order valence-electron chi connectivity index (χ0n) is 16.0. The van der Waals surface area contributed by atoms with E-state index in [9.17, 15) is 9.65 Å². The van der Waals surface area contributed by atoms with Gasteiger partial charge in [-0.15, -0.1) is 0 Å². The number of H-pyrrole nitrogens is 1. The Morgan fingerprint density at radius 1 is 1.20 bits per heavy atom. The molecule has 4 aromatic rings. The van der Waals surface area contributed by atoms with E-state index in [0.717, 1.165) is 17.3 Å². The summed E-state index contributed by atoms with van der Waals surface area (Å²) >= 11 is 1.13. The molecule has 0 unspecified atom stereocenters. The molecule has 5 heterocycles. The summed E-state index contributed by atoms with van der Waals surface area (Å²) in [6.45, 7) is 2.50. The van der Waals surface area contributed by atoms with Crippen molar-refractivity contribution in [1.82, 2.24) is 35.3 Å². The topological polar surface area (TPSA) is 108 Å². The number of rotatable bonds is 3. The fraction of sp³-hybridized carbons (Fsp3) is 0.250. The van der Waals surface area contributed by atoms with E-state index in [4.69, 9.17) is 0 Å². The number of aromatic amines is 1. The fourth-order valence-electron chi connectivity index (χ4n) is 3.08. The van der Waals surface area contributed by atoms with Gasteiger partial charge in [0.05, 0.1) is 23.5 Å². The summed E-state index contributed by atoms with van der Waals surface area (Å²) in [7, 11) is 0. The van der Waals surface area contributed by atoms with Crippen LogP contribution in [-0.2, 0) is 0 Å². The summed E-state index contributed by atoms with van der Waals surface area (Å²) in [5.41, 5.74) is 2.36. The van der Waals surface area contributed by atoms with E-state index in [1.165, 1.54) is 56.9 Å². The molecule has 5 rings (SSSR count). The molecule has 0 aromatic carbocycles. The second-order valence-corrected chi connectivity index (χ2v) is 7.65. The van der Waals surface area contributed by atoms with E-state index in [1.54, 1.807) is 16.9 Å². The molecule has 4 aromatic heterocycles. The lowest BCUT2D eigenvalue weighted by Gasteiger charge is -2.08. The molecule has 0 atom stereocenters. The van der Waals surface area contributed by atoms with Gasteiger partial charge in [-0.25, -0.2) is 13.9 Å². The molecule has 152 valence electrons. The number of fused-ring (bicyclic) bond motifs is 1. The van der Waals surface area contributed by atoms with Crippen LogP contribution in [0.25, 0.3) is 16.8 Å². The van der Waals surface area contributed by atoms with Crippen molar-refractivity contribution in [2.24, 2.45) is 0 Å². The zero-order chi connectivity index (χ0) is 20.8. The lowest BCUT2D eigenvalue weighted by Crippen LogP contribution is -2.21. The van der Waals surface area contributed by atoms with E-state index in [1.807, 2.05) is 6.07 Å². The Morgan fingerprint density at radius 2 is 2.07 bits per heavy atom. The number of halogens is 1. The summed E-state index contributed by atoms with van der Waals surface area (Å²) in [5.74, 6) is -0.425. The van der Waals surface area contributed by atoms with Crippen LogP contribution in [0.3, 0.4) is 0 Å². The van der Waals surface area contributed by atoms with Crippen molar-refractivity contribution in [1.29, 1.82) is 5.26 Å². The van der Waals surface area contributed by atoms with Gasteiger partial charge in [0.25, 0.3) is 0 Å². The van der Waals surface area contributed by atoms with Crippen LogP contribution in [0.2, 0.25) is 0 Å². The molecule has 10 heteroatoms. The van der Waals surface area contributed by atoms with E-state index in [0.29, 0.717) is 21.7 Å². The molecular weight excluding hydrogens is 403 g/mol. The molecule has 0 amide bonds. The lowest BCUT2D eigenvalue weighted by molar-refractivity contribution is 0.520. The predicted octanol–water partition coefficient (Wildman–Crippen LogP) is 3.44. The molecule has 0 aliphatic carbocycles. The highest BCUT2D eigenvalue weighted by atomic mass is 32.2. The number of hydrogen-bond donors (Lipinski definition) is 2. The third kappa shape index (κ3) is 4.48. The summed E-state index contributed by atoms with van der Waals surface area (Å²) in [5, 5.41) is 27.4. The standard InChI is InChI=1S/C15H8FN7S.C5H11N/c16-11-2-1-3-18-15(11)24-13-4-9(12-7-19-22-21-12)8-23-14(13)10(5-17)6-20-23;1-2-4-6-5-3-1/h1-4,6-8H,(H,19,21,22);6H,1-5H2. The van der Waals surface area contributed by atoms with Crippen molar-refractivity contribution in [3.8, 4) is 17.3 Å². The van der Waals surface area contributed by atoms with Gasteiger partial charge in [-0.1, -0.05) is 18.2 Å². The third-order valence-corrected chi connectivity index (χ3v) is 5.57. The van der Waals surface area contributed by atoms with Gasteiger partial charge < -0.3 is 5.32 Å². The summed E-state index contributed by atoms with van der Waals surface area (Å²) < 4.78 is 15.5. The van der Waals surface area contributed by atoms with Crippen molar-refractivity contribution >= 4 is 17.3 Å². The van der Waals surface area contributed by atoms with Crippen LogP contribution >= 0.6 is 11.8 Å². The van der Waals surface area contributed by atoms with Crippen LogP contribution in [-0.4, -0.2) is 43.1 Å². The van der Waals surface area contributed by atoms with Gasteiger partial charge in [0.2, 0.25) is 0 Å². The molecule has 0 spiro atoms. The molecule has 1 fully saturated rings. The van der Waals surface area contributed by atoms with Crippen LogP contribution in [0.4, 0.5) is 4.39 Å². The van der Waals surface area contributed by atoms with Gasteiger partial charge in [0.15, 0.2) is 5.82 Å². The van der Waals surface area contributed by atoms with Gasteiger partial charge in [0, 0.05) is 22.9 Å². The first kappa shape index (κ1) is 20.0. The molecule has 8 nitrogen and oxygen atoms in total. The van der Waals surface area contributed by atoms with E-state index >= 15 is 0 Å². The van der Waals surface area contributed by atoms with Gasteiger partial charge in [0.1, 0.15) is 16.8 Å². The first-order valence-electron chi connectivity index (χ1n) is 9.53. The average Bonchev–Trinajstić information content (AvgIpc) is 3.47. The van der Waals surface area contributed by atoms with Crippen LogP contribution < -0.4 is 5.32 Å². The minimum atomic E-state index is -0.425. The number of nitrogens with one attached hydrogen (secondary N) is 2. The number of aromatic nitrogens is 6. The van der Waals surface area contributed by atoms with Crippen LogP contribution in [0, 0.1) is 17.1 Å². The Hall–Kier alpha value is -3.29. The predicted molar refractivity (Wildman–Crippen MR) is 110 cm³/mol. The summed E-state index contributed by atoms with van der Waals surface area (Å²) in [4.78, 5) is 4.71. The first-order valence-corrected chi connectivity index (χ1v) is 10.3. The zero-order valence-corrected chi connectivity index (χ0v) is 16.9. The highest BCUT2D eigenvalue weighted by Crippen LogP contribution is 2.35. The Balaban J connectivity index is 0.000000313. The van der Waals surface area contributed by atoms with Crippen molar-refractivity contribution in [2.45, 2.75) is 29.2 Å². The maximum atomic E-state index is 14.0. The normalized spacial score (nSPS) is 13.5. The van der Waals surface area contributed by atoms with Gasteiger partial charge in [-0.2, -0.15) is 25.8 Å². The molecule has 1 saturated heterocycles. The van der Waals surface area contributed by atoms with E-state index in [-0.39, 0.29) is 5.03 Å². The lowest BCUT2D eigenvalue weighted by atomic mass is 10.2. The SMILES string of the molecule is C1CCNCC1.N#Cc1cnn2cc(-c3cn[nH]n3)cc(Sc3ncccc3F)c12. The molecule has 2 N–H and O–H groups in total.